The van der Waals surface area contributed by atoms with Crippen molar-refractivity contribution in [2.45, 2.75) is 119 Å². The maximum atomic E-state index is 6.16. The van der Waals surface area contributed by atoms with Crippen LogP contribution in [0.3, 0.4) is 0 Å². The van der Waals surface area contributed by atoms with Crippen molar-refractivity contribution >= 4 is 91.8 Å². The maximum Gasteiger partial charge on any atom is 0.494 e. The minimum absolute atomic E-state index is 0.329. The summed E-state index contributed by atoms with van der Waals surface area (Å²) in [5.41, 5.74) is 16.5. The maximum absolute atomic E-state index is 6.16. The molecule has 0 spiro atoms. The predicted octanol–water partition coefficient (Wildman–Crippen LogP) is 18.0. The largest absolute Gasteiger partial charge is 0.494 e. The summed E-state index contributed by atoms with van der Waals surface area (Å²) in [6, 6.07) is 54.4. The van der Waals surface area contributed by atoms with Gasteiger partial charge in [-0.3, -0.25) is 0 Å². The van der Waals surface area contributed by atoms with E-state index in [0.717, 1.165) is 144 Å². The summed E-state index contributed by atoms with van der Waals surface area (Å²) < 4.78 is 17.7. The number of hydrogen-bond donors (Lipinski definition) is 0. The topological polar surface area (TPSA) is 122 Å². The summed E-state index contributed by atoms with van der Waals surface area (Å²) in [5.74, 6) is 2.55. The van der Waals surface area contributed by atoms with Crippen molar-refractivity contribution in [2.24, 2.45) is 0 Å². The minimum atomic E-state index is -0.336. The number of rotatable bonds is 12. The molecular weight excluding hydrogens is 1140 g/mol. The molecule has 1 saturated heterocycles. The highest BCUT2D eigenvalue weighted by Crippen LogP contribution is 2.42. The molecule has 0 amide bonds. The Morgan fingerprint density at radius 2 is 0.833 bits per heavy atom. The van der Waals surface area contributed by atoms with E-state index in [0.29, 0.717) is 4.73 Å². The Morgan fingerprint density at radius 1 is 0.429 bits per heavy atom. The van der Waals surface area contributed by atoms with Crippen LogP contribution in [0.15, 0.2) is 162 Å². The highest BCUT2D eigenvalue weighted by atomic mass is 79.9. The Hall–Kier alpha value is -7.46. The molecular formula is C70H68BBrN8O2S2. The first kappa shape index (κ1) is 58.3. The van der Waals surface area contributed by atoms with Crippen LogP contribution in [0, 0.1) is 13.8 Å². The van der Waals surface area contributed by atoms with Gasteiger partial charge in [0, 0.05) is 72.2 Å². The first-order chi connectivity index (χ1) is 40.7. The van der Waals surface area contributed by atoms with Crippen molar-refractivity contribution in [3.63, 3.8) is 0 Å². The van der Waals surface area contributed by atoms with Gasteiger partial charge in [-0.2, -0.15) is 0 Å². The van der Waals surface area contributed by atoms with Gasteiger partial charge in [0.1, 0.15) is 11.6 Å². The number of aromatic nitrogens is 8. The lowest BCUT2D eigenvalue weighted by Crippen LogP contribution is -2.41. The summed E-state index contributed by atoms with van der Waals surface area (Å²) in [6.07, 6.45) is 5.78. The smallest absolute Gasteiger partial charge is 0.399 e. The van der Waals surface area contributed by atoms with Crippen molar-refractivity contribution in [2.75, 3.05) is 0 Å². The van der Waals surface area contributed by atoms with Crippen LogP contribution in [-0.2, 0) is 35.0 Å². The van der Waals surface area contributed by atoms with E-state index in [1.54, 1.807) is 22.7 Å². The van der Waals surface area contributed by atoms with Crippen LogP contribution in [0.1, 0.15) is 102 Å². The quantitative estimate of drug-likeness (QED) is 0.0863. The predicted molar refractivity (Wildman–Crippen MR) is 354 cm³/mol. The fourth-order valence-corrected chi connectivity index (χ4v) is 13.2. The molecule has 13 rings (SSSR count). The molecule has 422 valence electrons. The third kappa shape index (κ3) is 12.0. The van der Waals surface area contributed by atoms with E-state index in [9.17, 15) is 0 Å². The second-order valence-electron chi connectivity index (χ2n) is 22.1. The van der Waals surface area contributed by atoms with Crippen LogP contribution in [0.4, 0.5) is 0 Å². The molecule has 10 nitrogen and oxygen atoms in total. The lowest BCUT2D eigenvalue weighted by atomic mass is 9.78. The van der Waals surface area contributed by atoms with E-state index < -0.39 is 0 Å². The van der Waals surface area contributed by atoms with Gasteiger partial charge in [-0.05, 0) is 99.0 Å². The lowest BCUT2D eigenvalue weighted by Gasteiger charge is -2.32. The number of nitrogens with zero attached hydrogens (tertiary/aromatic N) is 8. The summed E-state index contributed by atoms with van der Waals surface area (Å²) in [6.45, 7) is 21.2. The number of thiophene rings is 2. The van der Waals surface area contributed by atoms with Gasteiger partial charge in [-0.1, -0.05) is 186 Å². The molecule has 1 aliphatic rings. The van der Waals surface area contributed by atoms with Crippen molar-refractivity contribution in [1.82, 2.24) is 39.9 Å². The first-order valence-corrected chi connectivity index (χ1v) is 31.5. The zero-order valence-electron chi connectivity index (χ0n) is 49.4. The van der Waals surface area contributed by atoms with E-state index in [4.69, 9.17) is 39.2 Å². The molecule has 14 heteroatoms. The SMILES string of the molecule is Brc1nc(-c2ccccc2)c2sc3ccccc3c2n1.CCCc1nc(CC)nc(-c2ccc(-c3nc(-c4ccccc4)c4sc5ccccc5c4n3)cc2)c1C.CCCc1nc(CC)nc(-c2ccc(B3OC(C)(C)C(C)(C)O3)cc2)c1C. The van der Waals surface area contributed by atoms with Crippen LogP contribution in [0.25, 0.3) is 97.0 Å². The molecule has 1 aliphatic heterocycles. The molecule has 0 atom stereocenters. The van der Waals surface area contributed by atoms with Gasteiger partial charge in [-0.25, -0.2) is 39.9 Å². The molecule has 1 fully saturated rings. The third-order valence-corrected chi connectivity index (χ3v) is 18.5. The van der Waals surface area contributed by atoms with E-state index in [-0.39, 0.29) is 18.3 Å². The number of fused-ring (bicyclic) bond motifs is 6. The third-order valence-electron chi connectivity index (χ3n) is 15.8. The van der Waals surface area contributed by atoms with Crippen LogP contribution in [-0.4, -0.2) is 58.2 Å². The average molecular weight is 1210 g/mol. The molecule has 0 bridgehead atoms. The Balaban J connectivity index is 0.000000138. The molecule has 0 N–H and O–H groups in total. The van der Waals surface area contributed by atoms with Gasteiger partial charge >= 0.3 is 7.12 Å². The Morgan fingerprint density at radius 3 is 1.30 bits per heavy atom. The Kier molecular flexibility index (Phi) is 17.4. The van der Waals surface area contributed by atoms with Gasteiger partial charge in [-0.15, -0.1) is 22.7 Å². The van der Waals surface area contributed by atoms with Gasteiger partial charge in [0.15, 0.2) is 10.6 Å². The second kappa shape index (κ2) is 25.0. The second-order valence-corrected chi connectivity index (χ2v) is 24.9. The molecule has 7 heterocycles. The van der Waals surface area contributed by atoms with Crippen molar-refractivity contribution in [1.29, 1.82) is 0 Å². The van der Waals surface area contributed by atoms with Gasteiger partial charge < -0.3 is 9.31 Å². The minimum Gasteiger partial charge on any atom is -0.399 e. The average Bonchev–Trinajstić information content (AvgIpc) is 4.29. The lowest BCUT2D eigenvalue weighted by molar-refractivity contribution is 0.00578. The van der Waals surface area contributed by atoms with Gasteiger partial charge in [0.2, 0.25) is 0 Å². The molecule has 12 aromatic rings. The monoisotopic (exact) mass is 1210 g/mol. The van der Waals surface area contributed by atoms with Gasteiger partial charge in [0.05, 0.1) is 54.4 Å². The molecule has 0 aliphatic carbocycles. The summed E-state index contributed by atoms with van der Waals surface area (Å²) in [5, 5.41) is 2.36. The molecule has 6 aromatic heterocycles. The normalized spacial score (nSPS) is 13.5. The fraction of sp³-hybridized carbons (Fsp3) is 0.257. The summed E-state index contributed by atoms with van der Waals surface area (Å²) in [7, 11) is -0.336. The summed E-state index contributed by atoms with van der Waals surface area (Å²) >= 11 is 6.94. The van der Waals surface area contributed by atoms with E-state index >= 15 is 0 Å². The fourth-order valence-electron chi connectivity index (χ4n) is 10.5. The van der Waals surface area contributed by atoms with E-state index in [1.807, 2.05) is 30.3 Å². The van der Waals surface area contributed by atoms with Crippen molar-refractivity contribution in [3.8, 4) is 56.4 Å². The van der Waals surface area contributed by atoms with Crippen LogP contribution in [0.5, 0.6) is 0 Å². The Bertz CT molecular complexity index is 4290. The van der Waals surface area contributed by atoms with Gasteiger partial charge in [0.25, 0.3) is 0 Å². The summed E-state index contributed by atoms with van der Waals surface area (Å²) in [4.78, 5) is 38.5. The van der Waals surface area contributed by atoms with E-state index in [1.165, 1.54) is 31.3 Å². The zero-order chi connectivity index (χ0) is 58.7. The molecule has 0 unspecified atom stereocenters. The molecule has 0 radical (unpaired) electrons. The molecule has 84 heavy (non-hydrogen) atoms. The van der Waals surface area contributed by atoms with Crippen LogP contribution >= 0.6 is 38.6 Å². The Labute approximate surface area is 509 Å². The molecule has 0 saturated carbocycles. The molecule has 6 aromatic carbocycles. The van der Waals surface area contributed by atoms with Crippen LogP contribution < -0.4 is 5.46 Å². The standard InChI is InChI=1S/C32H28N4S.C22H31BN2O2.C16H9BrN2S/c1-4-11-25-20(3)28(34-27(5-2)33-25)22-16-18-23(19-17-22)32-35-29(21-12-7-6-8-13-21)31-30(36-32)24-14-9-10-15-26(24)37-31;1-8-10-18-15(3)20(25-19(9-2)24-18)16-11-13-17(14-12-16)23-26-21(4,5)22(6,7)27-23;17-16-18-13(10-6-2-1-3-7-10)15-14(19-16)11-8-4-5-9-12(11)20-15/h6-10,12-19H,4-5,11H2,1-3H3;11-14H,8-10H2,1-7H3;1-9H. The van der Waals surface area contributed by atoms with Crippen molar-refractivity contribution in [3.05, 3.63) is 197 Å². The van der Waals surface area contributed by atoms with E-state index in [2.05, 4.69) is 223 Å². The number of hydrogen-bond acceptors (Lipinski definition) is 12. The highest BCUT2D eigenvalue weighted by molar-refractivity contribution is 9.10. The van der Waals surface area contributed by atoms with Crippen LogP contribution in [0.2, 0.25) is 0 Å². The zero-order valence-corrected chi connectivity index (χ0v) is 52.6. The van der Waals surface area contributed by atoms with Crippen molar-refractivity contribution < 1.29 is 9.31 Å². The highest BCUT2D eigenvalue weighted by Gasteiger charge is 2.51. The number of halogens is 1. The first-order valence-electron chi connectivity index (χ1n) is 29.1. The number of benzene rings is 6. The number of aryl methyl sites for hydroxylation is 4.